The standard InChI is InChI=1S/C9H11IN2O7/c10-7(19-17)6-4(14)5(15)8(18-6)12-2-1-3(13)11-9(12)16/h1-2,4-8,14-15,17H,(H,11,13,16)/t4-,5+,6-,7?,8+/m0/s1. The quantitative estimate of drug-likeness (QED) is 0.213. The van der Waals surface area contributed by atoms with E-state index in [1.807, 2.05) is 4.98 Å². The van der Waals surface area contributed by atoms with E-state index in [9.17, 15) is 19.8 Å². The Hall–Kier alpha value is -0.790. The maximum Gasteiger partial charge on any atom is 0.330 e. The Bertz CT molecular complexity index is 558. The zero-order valence-electron chi connectivity index (χ0n) is 9.34. The molecule has 0 bridgehead atoms. The van der Waals surface area contributed by atoms with Gasteiger partial charge < -0.3 is 14.9 Å². The summed E-state index contributed by atoms with van der Waals surface area (Å²) < 4.78 is 5.31. The van der Waals surface area contributed by atoms with Crippen molar-refractivity contribution in [3.05, 3.63) is 33.1 Å². The van der Waals surface area contributed by atoms with Crippen LogP contribution in [0.5, 0.6) is 0 Å². The molecule has 1 unspecified atom stereocenters. The van der Waals surface area contributed by atoms with Crippen LogP contribution in [-0.4, -0.2) is 47.4 Å². The molecule has 106 valence electrons. The highest BCUT2D eigenvalue weighted by Crippen LogP contribution is 2.32. The second-order valence-electron chi connectivity index (χ2n) is 3.95. The van der Waals surface area contributed by atoms with E-state index >= 15 is 0 Å². The largest absolute Gasteiger partial charge is 0.387 e. The second-order valence-corrected chi connectivity index (χ2v) is 5.17. The van der Waals surface area contributed by atoms with Crippen molar-refractivity contribution in [1.29, 1.82) is 0 Å². The van der Waals surface area contributed by atoms with Gasteiger partial charge in [0.1, 0.15) is 18.3 Å². The maximum absolute atomic E-state index is 11.6. The third-order valence-corrected chi connectivity index (χ3v) is 3.70. The summed E-state index contributed by atoms with van der Waals surface area (Å²) >= 11 is 1.66. The fraction of sp³-hybridized carbons (Fsp3) is 0.556. The van der Waals surface area contributed by atoms with Gasteiger partial charge in [-0.3, -0.25) is 19.6 Å². The van der Waals surface area contributed by atoms with Crippen LogP contribution in [0.15, 0.2) is 21.9 Å². The van der Waals surface area contributed by atoms with Crippen molar-refractivity contribution in [3.8, 4) is 0 Å². The number of aromatic nitrogens is 2. The molecule has 1 fully saturated rings. The second kappa shape index (κ2) is 5.68. The van der Waals surface area contributed by atoms with Gasteiger partial charge in [-0.25, -0.2) is 9.68 Å². The van der Waals surface area contributed by atoms with Gasteiger partial charge in [0.05, 0.1) is 0 Å². The SMILES string of the molecule is O=c1ccn([C@@H]2O[C@H](C(I)OO)[C@@H](O)[C@H]2O)c(=O)[nH]1. The van der Waals surface area contributed by atoms with Gasteiger partial charge in [-0.05, 0) is 22.6 Å². The number of nitrogens with zero attached hydrogens (tertiary/aromatic N) is 1. The highest BCUT2D eigenvalue weighted by atomic mass is 127. The molecule has 0 radical (unpaired) electrons. The Morgan fingerprint density at radius 1 is 1.42 bits per heavy atom. The minimum absolute atomic E-state index is 0.587. The number of hydrogen-bond acceptors (Lipinski definition) is 7. The number of alkyl halides is 1. The summed E-state index contributed by atoms with van der Waals surface area (Å²) in [6.45, 7) is 0. The Morgan fingerprint density at radius 2 is 2.11 bits per heavy atom. The first-order chi connectivity index (χ1) is 8.95. The van der Waals surface area contributed by atoms with E-state index in [0.29, 0.717) is 0 Å². The molecule has 1 aliphatic rings. The fourth-order valence-electron chi connectivity index (χ4n) is 1.82. The van der Waals surface area contributed by atoms with Crippen molar-refractivity contribution >= 4 is 22.6 Å². The molecule has 4 N–H and O–H groups in total. The molecule has 0 saturated carbocycles. The molecule has 1 aromatic rings. The van der Waals surface area contributed by atoms with E-state index in [2.05, 4.69) is 4.89 Å². The average molecular weight is 386 g/mol. The number of aromatic amines is 1. The van der Waals surface area contributed by atoms with Crippen LogP contribution in [-0.2, 0) is 9.62 Å². The molecule has 0 spiro atoms. The molecule has 1 saturated heterocycles. The summed E-state index contributed by atoms with van der Waals surface area (Å²) in [5.74, 6) is 0. The highest BCUT2D eigenvalue weighted by Gasteiger charge is 2.47. The van der Waals surface area contributed by atoms with E-state index < -0.39 is 39.9 Å². The highest BCUT2D eigenvalue weighted by molar-refractivity contribution is 14.1. The van der Waals surface area contributed by atoms with Crippen LogP contribution in [0.2, 0.25) is 0 Å². The third-order valence-electron chi connectivity index (χ3n) is 2.76. The van der Waals surface area contributed by atoms with Crippen molar-refractivity contribution in [3.63, 3.8) is 0 Å². The van der Waals surface area contributed by atoms with Crippen LogP contribution >= 0.6 is 22.6 Å². The van der Waals surface area contributed by atoms with Crippen molar-refractivity contribution in [2.24, 2.45) is 0 Å². The lowest BCUT2D eigenvalue weighted by Gasteiger charge is -2.17. The summed E-state index contributed by atoms with van der Waals surface area (Å²) in [7, 11) is 0. The van der Waals surface area contributed by atoms with Gasteiger partial charge in [-0.15, -0.1) is 0 Å². The van der Waals surface area contributed by atoms with Gasteiger partial charge in [0.2, 0.25) is 0 Å². The molecule has 2 rings (SSSR count). The minimum Gasteiger partial charge on any atom is -0.387 e. The first kappa shape index (κ1) is 14.6. The zero-order valence-corrected chi connectivity index (χ0v) is 11.5. The summed E-state index contributed by atoms with van der Waals surface area (Å²) in [5, 5.41) is 28.2. The molecule has 2 heterocycles. The number of ether oxygens (including phenoxy) is 1. The van der Waals surface area contributed by atoms with Crippen molar-refractivity contribution in [1.82, 2.24) is 9.55 Å². The normalized spacial score (nSPS) is 32.4. The Morgan fingerprint density at radius 3 is 2.68 bits per heavy atom. The van der Waals surface area contributed by atoms with Gasteiger partial charge in [0.15, 0.2) is 10.3 Å². The maximum atomic E-state index is 11.6. The van der Waals surface area contributed by atoms with Crippen LogP contribution in [0, 0.1) is 0 Å². The number of hydrogen-bond donors (Lipinski definition) is 4. The van der Waals surface area contributed by atoms with Gasteiger partial charge in [0, 0.05) is 12.3 Å². The van der Waals surface area contributed by atoms with Crippen molar-refractivity contribution in [2.75, 3.05) is 0 Å². The average Bonchev–Trinajstić information content (AvgIpc) is 2.66. The molecular formula is C9H11IN2O7. The summed E-state index contributed by atoms with van der Waals surface area (Å²) in [6, 6.07) is 1.08. The number of rotatable bonds is 3. The first-order valence-electron chi connectivity index (χ1n) is 5.23. The van der Waals surface area contributed by atoms with Crippen LogP contribution in [0.25, 0.3) is 0 Å². The van der Waals surface area contributed by atoms with E-state index in [-0.39, 0.29) is 0 Å². The van der Waals surface area contributed by atoms with E-state index in [0.717, 1.165) is 16.8 Å². The smallest absolute Gasteiger partial charge is 0.330 e. The molecule has 0 amide bonds. The Kier molecular flexibility index (Phi) is 4.37. The van der Waals surface area contributed by atoms with Gasteiger partial charge in [0.25, 0.3) is 5.56 Å². The first-order valence-corrected chi connectivity index (χ1v) is 6.47. The summed E-state index contributed by atoms with van der Waals surface area (Å²) in [4.78, 5) is 28.6. The van der Waals surface area contributed by atoms with Gasteiger partial charge >= 0.3 is 5.69 Å². The van der Waals surface area contributed by atoms with Crippen LogP contribution in [0.1, 0.15) is 6.23 Å². The summed E-state index contributed by atoms with van der Waals surface area (Å²) in [6.07, 6.45) is -3.81. The third kappa shape index (κ3) is 2.73. The van der Waals surface area contributed by atoms with Crippen molar-refractivity contribution < 1.29 is 25.1 Å². The van der Waals surface area contributed by atoms with Crippen LogP contribution < -0.4 is 11.2 Å². The number of H-pyrrole nitrogens is 1. The molecule has 5 atom stereocenters. The molecule has 0 aromatic carbocycles. The number of nitrogens with one attached hydrogen (secondary N) is 1. The number of halogens is 1. The van der Waals surface area contributed by atoms with E-state index in [1.54, 1.807) is 22.6 Å². The molecule has 9 nitrogen and oxygen atoms in total. The lowest BCUT2D eigenvalue weighted by molar-refractivity contribution is -0.272. The molecular weight excluding hydrogens is 375 g/mol. The Labute approximate surface area is 119 Å². The predicted molar refractivity (Wildman–Crippen MR) is 68.8 cm³/mol. The van der Waals surface area contributed by atoms with Crippen molar-refractivity contribution in [2.45, 2.75) is 28.7 Å². The lowest BCUT2D eigenvalue weighted by Crippen LogP contribution is -2.38. The van der Waals surface area contributed by atoms with Gasteiger partial charge in [-0.2, -0.15) is 0 Å². The monoisotopic (exact) mass is 386 g/mol. The molecule has 10 heteroatoms. The lowest BCUT2D eigenvalue weighted by atomic mass is 10.1. The van der Waals surface area contributed by atoms with E-state index in [1.165, 1.54) is 0 Å². The number of aliphatic hydroxyl groups is 2. The van der Waals surface area contributed by atoms with Crippen LogP contribution in [0.4, 0.5) is 0 Å². The Balaban J connectivity index is 2.31. The molecule has 1 aromatic heterocycles. The zero-order chi connectivity index (χ0) is 14.2. The summed E-state index contributed by atoms with van der Waals surface area (Å²) in [5.41, 5.74) is -1.37. The fourth-order valence-corrected chi connectivity index (χ4v) is 2.41. The van der Waals surface area contributed by atoms with E-state index in [4.69, 9.17) is 9.99 Å². The minimum atomic E-state index is -1.40. The topological polar surface area (TPSA) is 134 Å². The van der Waals surface area contributed by atoms with Gasteiger partial charge in [-0.1, -0.05) is 0 Å². The predicted octanol–water partition coefficient (Wildman–Crippen LogP) is -1.59. The number of aliphatic hydroxyl groups excluding tert-OH is 2. The molecule has 19 heavy (non-hydrogen) atoms. The molecule has 0 aliphatic carbocycles. The molecule has 1 aliphatic heterocycles. The van der Waals surface area contributed by atoms with Crippen LogP contribution in [0.3, 0.4) is 0 Å².